The SMILES string of the molecule is CCO[Si](CCCOC(C)OCCCCCCCCCCCC(=O)O)(OCC)OCC. The standard InChI is InChI=1S/C23H48O7Si/c1-5-28-31(29-6-2,30-7-3)21-17-20-27-22(4)26-19-16-14-12-10-8-9-11-13-15-18-23(24)25/h22H,5-21H2,1-4H3,(H,24,25). The van der Waals surface area contributed by atoms with Crippen LogP contribution >= 0.6 is 0 Å². The maximum Gasteiger partial charge on any atom is 0.501 e. The second kappa shape index (κ2) is 21.3. The summed E-state index contributed by atoms with van der Waals surface area (Å²) in [5.41, 5.74) is 0. The van der Waals surface area contributed by atoms with Gasteiger partial charge in [-0.15, -0.1) is 0 Å². The Morgan fingerprint density at radius 2 is 1.13 bits per heavy atom. The van der Waals surface area contributed by atoms with E-state index in [4.69, 9.17) is 27.9 Å². The molecule has 0 saturated heterocycles. The topological polar surface area (TPSA) is 83.5 Å². The average Bonchev–Trinajstić information content (AvgIpc) is 2.72. The van der Waals surface area contributed by atoms with Gasteiger partial charge in [-0.25, -0.2) is 0 Å². The average molecular weight is 465 g/mol. The van der Waals surface area contributed by atoms with Crippen LogP contribution < -0.4 is 0 Å². The molecule has 0 spiro atoms. The Hall–Kier alpha value is -0.513. The molecule has 1 N–H and O–H groups in total. The molecular formula is C23H48O7Si. The minimum atomic E-state index is -2.57. The Bertz CT molecular complexity index is 392. The highest BCUT2D eigenvalue weighted by Crippen LogP contribution is 2.18. The predicted molar refractivity (Wildman–Crippen MR) is 125 cm³/mol. The summed E-state index contributed by atoms with van der Waals surface area (Å²) in [5, 5.41) is 8.60. The Morgan fingerprint density at radius 3 is 1.58 bits per heavy atom. The normalized spacial score (nSPS) is 12.9. The third-order valence-corrected chi connectivity index (χ3v) is 8.11. The van der Waals surface area contributed by atoms with Crippen molar-refractivity contribution in [2.24, 2.45) is 0 Å². The highest BCUT2D eigenvalue weighted by molar-refractivity contribution is 6.60. The molecule has 0 aromatic heterocycles. The van der Waals surface area contributed by atoms with Gasteiger partial charge in [-0.1, -0.05) is 44.9 Å². The second-order valence-corrected chi connectivity index (χ2v) is 10.5. The van der Waals surface area contributed by atoms with Crippen molar-refractivity contribution in [1.82, 2.24) is 0 Å². The summed E-state index contributed by atoms with van der Waals surface area (Å²) in [5.74, 6) is -0.685. The van der Waals surface area contributed by atoms with Crippen LogP contribution in [0.5, 0.6) is 0 Å². The number of rotatable bonds is 24. The fourth-order valence-electron chi connectivity index (χ4n) is 3.45. The van der Waals surface area contributed by atoms with Gasteiger partial charge in [-0.2, -0.15) is 0 Å². The molecule has 0 aromatic carbocycles. The molecular weight excluding hydrogens is 416 g/mol. The van der Waals surface area contributed by atoms with E-state index in [-0.39, 0.29) is 6.29 Å². The van der Waals surface area contributed by atoms with E-state index in [0.717, 1.165) is 44.8 Å². The maximum atomic E-state index is 10.4. The van der Waals surface area contributed by atoms with E-state index in [2.05, 4.69) is 0 Å². The molecule has 0 saturated carbocycles. The van der Waals surface area contributed by atoms with Crippen molar-refractivity contribution in [3.05, 3.63) is 0 Å². The largest absolute Gasteiger partial charge is 0.501 e. The van der Waals surface area contributed by atoms with Gasteiger partial charge in [0.2, 0.25) is 0 Å². The molecule has 31 heavy (non-hydrogen) atoms. The summed E-state index contributed by atoms with van der Waals surface area (Å²) in [6.07, 6.45) is 11.1. The second-order valence-electron chi connectivity index (χ2n) is 7.72. The van der Waals surface area contributed by atoms with E-state index in [1.807, 2.05) is 27.7 Å². The van der Waals surface area contributed by atoms with Gasteiger partial charge in [0.1, 0.15) is 0 Å². The van der Waals surface area contributed by atoms with Crippen molar-refractivity contribution in [2.45, 2.75) is 111 Å². The molecule has 0 bridgehead atoms. The van der Waals surface area contributed by atoms with Gasteiger partial charge in [-0.3, -0.25) is 4.79 Å². The highest BCUT2D eigenvalue weighted by Gasteiger charge is 2.39. The Labute approximate surface area is 191 Å². The third kappa shape index (κ3) is 18.7. The lowest BCUT2D eigenvalue weighted by molar-refractivity contribution is -0.137. The number of carboxylic acids is 1. The Kier molecular flexibility index (Phi) is 21.0. The van der Waals surface area contributed by atoms with Gasteiger partial charge in [0.05, 0.1) is 0 Å². The van der Waals surface area contributed by atoms with Crippen molar-refractivity contribution >= 4 is 14.8 Å². The number of hydrogen-bond donors (Lipinski definition) is 1. The zero-order valence-corrected chi connectivity index (χ0v) is 21.5. The van der Waals surface area contributed by atoms with E-state index >= 15 is 0 Å². The van der Waals surface area contributed by atoms with Crippen LogP contribution in [0.25, 0.3) is 0 Å². The van der Waals surface area contributed by atoms with Gasteiger partial charge in [-0.05, 0) is 47.0 Å². The maximum absolute atomic E-state index is 10.4. The first-order valence-corrected chi connectivity index (χ1v) is 14.3. The molecule has 1 unspecified atom stereocenters. The van der Waals surface area contributed by atoms with Crippen molar-refractivity contribution in [3.8, 4) is 0 Å². The predicted octanol–water partition coefficient (Wildman–Crippen LogP) is 5.79. The van der Waals surface area contributed by atoms with E-state index in [9.17, 15) is 4.79 Å². The summed E-state index contributed by atoms with van der Waals surface area (Å²) >= 11 is 0. The molecule has 0 aromatic rings. The van der Waals surface area contributed by atoms with E-state index in [1.54, 1.807) is 0 Å². The van der Waals surface area contributed by atoms with E-state index < -0.39 is 14.8 Å². The highest BCUT2D eigenvalue weighted by atomic mass is 28.4. The molecule has 7 nitrogen and oxygen atoms in total. The first-order valence-electron chi connectivity index (χ1n) is 12.4. The van der Waals surface area contributed by atoms with Crippen molar-refractivity contribution in [3.63, 3.8) is 0 Å². The van der Waals surface area contributed by atoms with Gasteiger partial charge >= 0.3 is 14.8 Å². The van der Waals surface area contributed by atoms with Crippen LogP contribution in [0.3, 0.4) is 0 Å². The molecule has 8 heteroatoms. The Morgan fingerprint density at radius 1 is 0.710 bits per heavy atom. The lowest BCUT2D eigenvalue weighted by Gasteiger charge is -2.28. The van der Waals surface area contributed by atoms with Crippen LogP contribution in [0.1, 0.15) is 98.3 Å². The van der Waals surface area contributed by atoms with E-state index in [1.165, 1.54) is 32.1 Å². The van der Waals surface area contributed by atoms with Gasteiger partial charge in [0, 0.05) is 45.5 Å². The molecule has 0 aliphatic carbocycles. The quantitative estimate of drug-likeness (QED) is 0.110. The van der Waals surface area contributed by atoms with Gasteiger partial charge < -0.3 is 27.9 Å². The van der Waals surface area contributed by atoms with Crippen molar-refractivity contribution in [1.29, 1.82) is 0 Å². The summed E-state index contributed by atoms with van der Waals surface area (Å²) < 4.78 is 29.1. The summed E-state index contributed by atoms with van der Waals surface area (Å²) in [6, 6.07) is 0.759. The van der Waals surface area contributed by atoms with Gasteiger partial charge in [0.15, 0.2) is 6.29 Å². The minimum absolute atomic E-state index is 0.201. The summed E-state index contributed by atoms with van der Waals surface area (Å²) in [4.78, 5) is 10.4. The molecule has 0 heterocycles. The number of carbonyl (C=O) groups is 1. The van der Waals surface area contributed by atoms with Gasteiger partial charge in [0.25, 0.3) is 0 Å². The molecule has 186 valence electrons. The molecule has 0 fully saturated rings. The molecule has 0 aliphatic heterocycles. The van der Waals surface area contributed by atoms with E-state index in [0.29, 0.717) is 32.8 Å². The lowest BCUT2D eigenvalue weighted by atomic mass is 10.1. The Balaban J connectivity index is 3.61. The fourth-order valence-corrected chi connectivity index (χ4v) is 6.03. The lowest BCUT2D eigenvalue weighted by Crippen LogP contribution is -2.46. The fraction of sp³-hybridized carbons (Fsp3) is 0.957. The van der Waals surface area contributed by atoms with Crippen LogP contribution in [-0.4, -0.2) is 59.2 Å². The smallest absolute Gasteiger partial charge is 0.481 e. The molecule has 1 atom stereocenters. The number of aliphatic carboxylic acids is 1. The van der Waals surface area contributed by atoms with Crippen molar-refractivity contribution < 1.29 is 32.7 Å². The summed E-state index contributed by atoms with van der Waals surface area (Å²) in [6.45, 7) is 11.0. The molecule has 0 rings (SSSR count). The van der Waals surface area contributed by atoms with Crippen LogP contribution in [0, 0.1) is 0 Å². The summed E-state index contributed by atoms with van der Waals surface area (Å²) in [7, 11) is -2.57. The molecule has 0 radical (unpaired) electrons. The van der Waals surface area contributed by atoms with Crippen LogP contribution in [0.2, 0.25) is 6.04 Å². The monoisotopic (exact) mass is 464 g/mol. The zero-order valence-electron chi connectivity index (χ0n) is 20.5. The third-order valence-electron chi connectivity index (χ3n) is 4.96. The first-order chi connectivity index (χ1) is 15.0. The van der Waals surface area contributed by atoms with Crippen LogP contribution in [0.4, 0.5) is 0 Å². The number of ether oxygens (including phenoxy) is 2. The molecule has 0 amide bonds. The number of unbranched alkanes of at least 4 members (excludes halogenated alkanes) is 8. The first kappa shape index (κ1) is 30.5. The minimum Gasteiger partial charge on any atom is -0.481 e. The number of carboxylic acid groups (broad SMARTS) is 1. The van der Waals surface area contributed by atoms with Crippen molar-refractivity contribution in [2.75, 3.05) is 33.0 Å². The number of hydrogen-bond acceptors (Lipinski definition) is 6. The van der Waals surface area contributed by atoms with Crippen LogP contribution in [0.15, 0.2) is 0 Å². The molecule has 0 aliphatic rings. The van der Waals surface area contributed by atoms with Crippen LogP contribution in [-0.2, 0) is 27.5 Å². The zero-order chi connectivity index (χ0) is 23.2.